The number of rotatable bonds is 7. The molecule has 1 aromatic heterocycles. The maximum atomic E-state index is 12.4. The first-order valence-electron chi connectivity index (χ1n) is 9.51. The number of carbonyl (C=O) groups excluding carboxylic acids is 1. The van der Waals surface area contributed by atoms with E-state index in [2.05, 4.69) is 32.9 Å². The Morgan fingerprint density at radius 2 is 1.89 bits per heavy atom. The highest BCUT2D eigenvalue weighted by Gasteiger charge is 2.22. The fourth-order valence-electron chi connectivity index (χ4n) is 3.17. The molecule has 3 rings (SSSR count). The van der Waals surface area contributed by atoms with Gasteiger partial charge < -0.3 is 15.5 Å². The van der Waals surface area contributed by atoms with Gasteiger partial charge in [0.15, 0.2) is 5.96 Å². The van der Waals surface area contributed by atoms with Gasteiger partial charge in [0.2, 0.25) is 5.91 Å². The zero-order valence-corrected chi connectivity index (χ0v) is 18.8. The number of aryl methyl sites for hydroxylation is 1. The lowest BCUT2D eigenvalue weighted by molar-refractivity contribution is -0.131. The van der Waals surface area contributed by atoms with Gasteiger partial charge in [-0.05, 0) is 30.5 Å². The van der Waals surface area contributed by atoms with Crippen molar-refractivity contribution in [1.29, 1.82) is 0 Å². The third-order valence-electron chi connectivity index (χ3n) is 4.72. The molecule has 1 aliphatic heterocycles. The van der Waals surface area contributed by atoms with Crippen molar-refractivity contribution in [2.24, 2.45) is 12.0 Å². The summed E-state index contributed by atoms with van der Waals surface area (Å²) in [5.41, 5.74) is 3.58. The van der Waals surface area contributed by atoms with E-state index in [-0.39, 0.29) is 29.9 Å². The minimum atomic E-state index is 0. The summed E-state index contributed by atoms with van der Waals surface area (Å²) < 4.78 is 1.82. The predicted molar refractivity (Wildman–Crippen MR) is 121 cm³/mol. The minimum Gasteiger partial charge on any atom is -0.357 e. The van der Waals surface area contributed by atoms with E-state index in [1.165, 1.54) is 11.1 Å². The van der Waals surface area contributed by atoms with Crippen LogP contribution in [0.3, 0.4) is 0 Å². The summed E-state index contributed by atoms with van der Waals surface area (Å²) in [5.74, 6) is 0.976. The van der Waals surface area contributed by atoms with Crippen molar-refractivity contribution in [2.45, 2.75) is 39.4 Å². The van der Waals surface area contributed by atoms with Crippen LogP contribution in [0.4, 0.5) is 0 Å². The van der Waals surface area contributed by atoms with Crippen LogP contribution in [-0.4, -0.2) is 39.6 Å². The van der Waals surface area contributed by atoms with Crippen LogP contribution in [0.25, 0.3) is 0 Å². The van der Waals surface area contributed by atoms with Crippen LogP contribution in [0, 0.1) is 0 Å². The first-order chi connectivity index (χ1) is 13.2. The van der Waals surface area contributed by atoms with Crippen molar-refractivity contribution < 1.29 is 4.79 Å². The van der Waals surface area contributed by atoms with Crippen molar-refractivity contribution in [3.8, 4) is 0 Å². The number of aliphatic imine (C=N–C) groups is 1. The van der Waals surface area contributed by atoms with Crippen molar-refractivity contribution in [1.82, 2.24) is 25.3 Å². The molecule has 0 saturated heterocycles. The second kappa shape index (κ2) is 11.0. The number of amides is 1. The number of guanidine groups is 1. The molecule has 0 unspecified atom stereocenters. The van der Waals surface area contributed by atoms with Gasteiger partial charge in [0.1, 0.15) is 0 Å². The van der Waals surface area contributed by atoms with Gasteiger partial charge in [-0.3, -0.25) is 9.48 Å². The van der Waals surface area contributed by atoms with Gasteiger partial charge in [-0.2, -0.15) is 5.10 Å². The van der Waals surface area contributed by atoms with Crippen LogP contribution >= 0.6 is 24.0 Å². The van der Waals surface area contributed by atoms with E-state index in [0.29, 0.717) is 19.5 Å². The van der Waals surface area contributed by atoms with Gasteiger partial charge in [-0.1, -0.05) is 24.3 Å². The number of hydrogen-bond donors (Lipinski definition) is 2. The molecule has 7 nitrogen and oxygen atoms in total. The highest BCUT2D eigenvalue weighted by molar-refractivity contribution is 14.0. The lowest BCUT2D eigenvalue weighted by Gasteiger charge is -2.16. The van der Waals surface area contributed by atoms with Crippen LogP contribution in [0.5, 0.6) is 0 Å². The second-order valence-electron chi connectivity index (χ2n) is 6.69. The molecule has 0 spiro atoms. The molecule has 0 atom stereocenters. The normalized spacial score (nSPS) is 13.1. The molecule has 1 aromatic carbocycles. The molecule has 1 amide bonds. The predicted octanol–water partition coefficient (Wildman–Crippen LogP) is 2.42. The summed E-state index contributed by atoms with van der Waals surface area (Å²) in [7, 11) is 1.91. The number of nitrogens with zero attached hydrogens (tertiary/aromatic N) is 4. The van der Waals surface area contributed by atoms with E-state index in [1.807, 2.05) is 41.8 Å². The average Bonchev–Trinajstić information content (AvgIpc) is 3.28. The van der Waals surface area contributed by atoms with Crippen LogP contribution in [0.2, 0.25) is 0 Å². The molecule has 2 aromatic rings. The molecule has 0 fully saturated rings. The smallest absolute Gasteiger partial charge is 0.223 e. The molecule has 0 aliphatic carbocycles. The monoisotopic (exact) mass is 496 g/mol. The Bertz CT molecular complexity index is 778. The lowest BCUT2D eigenvalue weighted by Crippen LogP contribution is -2.38. The van der Waals surface area contributed by atoms with E-state index >= 15 is 0 Å². The average molecular weight is 496 g/mol. The maximum absolute atomic E-state index is 12.4. The Kier molecular flexibility index (Phi) is 8.75. The molecule has 0 bridgehead atoms. The molecule has 2 heterocycles. The second-order valence-corrected chi connectivity index (χ2v) is 6.69. The Balaban J connectivity index is 0.00000280. The van der Waals surface area contributed by atoms with Gasteiger partial charge in [-0.25, -0.2) is 4.99 Å². The molecule has 0 radical (unpaired) electrons. The van der Waals surface area contributed by atoms with Crippen LogP contribution < -0.4 is 10.6 Å². The molecular formula is C20H29IN6O. The molecule has 0 saturated carbocycles. The number of benzene rings is 1. The number of aromatic nitrogens is 2. The molecule has 152 valence electrons. The zero-order chi connectivity index (χ0) is 19.1. The number of carbonyl (C=O) groups is 1. The first-order valence-corrected chi connectivity index (χ1v) is 9.51. The molecule has 8 heteroatoms. The minimum absolute atomic E-state index is 0. The number of hydrogen-bond acceptors (Lipinski definition) is 3. The van der Waals surface area contributed by atoms with Gasteiger partial charge >= 0.3 is 0 Å². The largest absolute Gasteiger partial charge is 0.357 e. The highest BCUT2D eigenvalue weighted by Crippen LogP contribution is 2.22. The van der Waals surface area contributed by atoms with Crippen LogP contribution in [0.1, 0.15) is 36.6 Å². The third-order valence-corrected chi connectivity index (χ3v) is 4.72. The summed E-state index contributed by atoms with van der Waals surface area (Å²) in [4.78, 5) is 19.0. The van der Waals surface area contributed by atoms with E-state index < -0.39 is 0 Å². The van der Waals surface area contributed by atoms with Crippen LogP contribution in [0.15, 0.2) is 41.5 Å². The first kappa shape index (κ1) is 22.2. The Labute approximate surface area is 183 Å². The van der Waals surface area contributed by atoms with Crippen molar-refractivity contribution >= 4 is 35.8 Å². The standard InChI is InChI=1S/C20H28N6O.HI/c1-3-21-20(23-13-18-10-12-24-25(18)2)22-11-6-9-19(27)26-14-16-7-4-5-8-17(16)15-26;/h4-5,7-8,10,12H,3,6,9,11,13-15H2,1-2H3,(H2,21,22,23);1H. The van der Waals surface area contributed by atoms with E-state index in [0.717, 1.165) is 37.7 Å². The Morgan fingerprint density at radius 3 is 2.50 bits per heavy atom. The van der Waals surface area contributed by atoms with Gasteiger partial charge in [-0.15, -0.1) is 24.0 Å². The quantitative estimate of drug-likeness (QED) is 0.267. The van der Waals surface area contributed by atoms with E-state index in [1.54, 1.807) is 6.20 Å². The highest BCUT2D eigenvalue weighted by atomic mass is 127. The summed E-state index contributed by atoms with van der Waals surface area (Å²) in [6.45, 7) is 5.58. The lowest BCUT2D eigenvalue weighted by atomic mass is 10.1. The Hall–Kier alpha value is -2.10. The molecular weight excluding hydrogens is 467 g/mol. The zero-order valence-electron chi connectivity index (χ0n) is 16.5. The maximum Gasteiger partial charge on any atom is 0.223 e. The SMILES string of the molecule is CCNC(=NCc1ccnn1C)NCCCC(=O)N1Cc2ccccc2C1.I. The number of fused-ring (bicyclic) bond motifs is 1. The summed E-state index contributed by atoms with van der Waals surface area (Å²) in [6, 6.07) is 10.2. The van der Waals surface area contributed by atoms with E-state index in [9.17, 15) is 4.79 Å². The molecule has 1 aliphatic rings. The van der Waals surface area contributed by atoms with Crippen molar-refractivity contribution in [2.75, 3.05) is 13.1 Å². The molecule has 2 N–H and O–H groups in total. The van der Waals surface area contributed by atoms with E-state index in [4.69, 9.17) is 0 Å². The van der Waals surface area contributed by atoms with Crippen molar-refractivity contribution in [3.63, 3.8) is 0 Å². The van der Waals surface area contributed by atoms with Gasteiger partial charge in [0.25, 0.3) is 0 Å². The third kappa shape index (κ3) is 5.95. The number of halogens is 1. The summed E-state index contributed by atoms with van der Waals surface area (Å²) >= 11 is 0. The summed E-state index contributed by atoms with van der Waals surface area (Å²) in [6.07, 6.45) is 3.09. The van der Waals surface area contributed by atoms with Gasteiger partial charge in [0.05, 0.1) is 12.2 Å². The van der Waals surface area contributed by atoms with Crippen LogP contribution in [-0.2, 0) is 31.5 Å². The fourth-order valence-corrected chi connectivity index (χ4v) is 3.17. The topological polar surface area (TPSA) is 74.5 Å². The number of nitrogens with one attached hydrogen (secondary N) is 2. The van der Waals surface area contributed by atoms with Gasteiger partial charge in [0, 0.05) is 45.8 Å². The molecule has 28 heavy (non-hydrogen) atoms. The van der Waals surface area contributed by atoms with Crippen molar-refractivity contribution in [3.05, 3.63) is 53.3 Å². The Morgan fingerprint density at radius 1 is 1.18 bits per heavy atom. The summed E-state index contributed by atoms with van der Waals surface area (Å²) in [5, 5.41) is 10.7. The fraction of sp³-hybridized carbons (Fsp3) is 0.450.